The molecule has 1 unspecified atom stereocenters. The molecule has 4 nitrogen and oxygen atoms in total. The van der Waals surface area contributed by atoms with Crippen LogP contribution in [-0.2, 0) is 16.2 Å². The van der Waals surface area contributed by atoms with Crippen LogP contribution in [-0.4, -0.2) is 29.0 Å². The SMILES string of the molecule is CSc1ccc(CN2C(=O)C(C)ON=C2c2ccccc2)cc1. The van der Waals surface area contributed by atoms with Gasteiger partial charge < -0.3 is 4.84 Å². The maximum Gasteiger partial charge on any atom is 0.272 e. The minimum Gasteiger partial charge on any atom is -0.381 e. The second-order valence-corrected chi connectivity index (χ2v) is 6.18. The molecule has 1 aliphatic heterocycles. The Morgan fingerprint density at radius 1 is 1.13 bits per heavy atom. The maximum atomic E-state index is 12.6. The van der Waals surface area contributed by atoms with Gasteiger partial charge in [0.05, 0.1) is 6.54 Å². The van der Waals surface area contributed by atoms with Crippen molar-refractivity contribution in [2.24, 2.45) is 5.16 Å². The molecule has 2 aromatic rings. The molecule has 0 fully saturated rings. The number of amidine groups is 1. The number of carbonyl (C=O) groups is 1. The van der Waals surface area contributed by atoms with Crippen molar-refractivity contribution in [1.82, 2.24) is 4.90 Å². The van der Waals surface area contributed by atoms with E-state index in [0.717, 1.165) is 11.1 Å². The van der Waals surface area contributed by atoms with Crippen molar-refractivity contribution < 1.29 is 9.63 Å². The lowest BCUT2D eigenvalue weighted by Gasteiger charge is -2.30. The molecule has 1 heterocycles. The Morgan fingerprint density at radius 2 is 1.83 bits per heavy atom. The summed E-state index contributed by atoms with van der Waals surface area (Å²) in [7, 11) is 0. The molecular weight excluding hydrogens is 308 g/mol. The number of thioether (sulfide) groups is 1. The Kier molecular flexibility index (Phi) is 4.67. The molecule has 3 rings (SSSR count). The number of nitrogens with zero attached hydrogens (tertiary/aromatic N) is 2. The molecule has 0 N–H and O–H groups in total. The lowest BCUT2D eigenvalue weighted by molar-refractivity contribution is -0.142. The van der Waals surface area contributed by atoms with Gasteiger partial charge >= 0.3 is 0 Å². The van der Waals surface area contributed by atoms with Gasteiger partial charge in [-0.3, -0.25) is 9.69 Å². The van der Waals surface area contributed by atoms with E-state index in [4.69, 9.17) is 4.84 Å². The fourth-order valence-corrected chi connectivity index (χ4v) is 2.82. The second kappa shape index (κ2) is 6.87. The molecule has 5 heteroatoms. The van der Waals surface area contributed by atoms with Gasteiger partial charge in [-0.15, -0.1) is 11.8 Å². The Balaban J connectivity index is 1.90. The molecule has 0 aliphatic carbocycles. The first kappa shape index (κ1) is 15.6. The van der Waals surface area contributed by atoms with Crippen molar-refractivity contribution in [3.63, 3.8) is 0 Å². The zero-order chi connectivity index (χ0) is 16.2. The third-order valence-electron chi connectivity index (χ3n) is 3.70. The van der Waals surface area contributed by atoms with Crippen LogP contribution in [0, 0.1) is 0 Å². The van der Waals surface area contributed by atoms with E-state index in [2.05, 4.69) is 17.3 Å². The number of oxime groups is 1. The summed E-state index contributed by atoms with van der Waals surface area (Å²) in [5, 5.41) is 4.16. The molecule has 0 radical (unpaired) electrons. The Morgan fingerprint density at radius 3 is 2.48 bits per heavy atom. The first-order chi connectivity index (χ1) is 11.2. The monoisotopic (exact) mass is 326 g/mol. The van der Waals surface area contributed by atoms with Crippen LogP contribution in [0.2, 0.25) is 0 Å². The molecule has 118 valence electrons. The quantitative estimate of drug-likeness (QED) is 0.807. The van der Waals surface area contributed by atoms with E-state index < -0.39 is 6.10 Å². The van der Waals surface area contributed by atoms with Crippen molar-refractivity contribution in [1.29, 1.82) is 0 Å². The molecule has 1 atom stereocenters. The average Bonchev–Trinajstić information content (AvgIpc) is 2.60. The van der Waals surface area contributed by atoms with Crippen molar-refractivity contribution in [2.45, 2.75) is 24.5 Å². The molecule has 23 heavy (non-hydrogen) atoms. The standard InChI is InChI=1S/C18H18N2O2S/c1-13-18(21)20(12-14-8-10-16(23-2)11-9-14)17(19-22-13)15-6-4-3-5-7-15/h3-11,13H,12H2,1-2H3. The van der Waals surface area contributed by atoms with Crippen LogP contribution in [0.1, 0.15) is 18.1 Å². The van der Waals surface area contributed by atoms with Crippen molar-refractivity contribution >= 4 is 23.5 Å². The van der Waals surface area contributed by atoms with E-state index in [1.165, 1.54) is 4.90 Å². The molecule has 0 saturated carbocycles. The maximum absolute atomic E-state index is 12.6. The zero-order valence-electron chi connectivity index (χ0n) is 13.1. The highest BCUT2D eigenvalue weighted by atomic mass is 32.2. The highest BCUT2D eigenvalue weighted by Gasteiger charge is 2.31. The average molecular weight is 326 g/mol. The minimum atomic E-state index is -0.562. The Bertz CT molecular complexity index is 714. The van der Waals surface area contributed by atoms with Gasteiger partial charge in [-0.05, 0) is 30.9 Å². The van der Waals surface area contributed by atoms with Crippen LogP contribution in [0.5, 0.6) is 0 Å². The van der Waals surface area contributed by atoms with E-state index in [-0.39, 0.29) is 5.91 Å². The topological polar surface area (TPSA) is 41.9 Å². The van der Waals surface area contributed by atoms with Gasteiger partial charge in [0.2, 0.25) is 6.10 Å². The highest BCUT2D eigenvalue weighted by molar-refractivity contribution is 7.98. The molecule has 0 bridgehead atoms. The number of hydrogen-bond donors (Lipinski definition) is 0. The van der Waals surface area contributed by atoms with Gasteiger partial charge in [0.1, 0.15) is 0 Å². The van der Waals surface area contributed by atoms with Gasteiger partial charge in [0.15, 0.2) is 5.84 Å². The summed E-state index contributed by atoms with van der Waals surface area (Å²) in [4.78, 5) is 20.7. The number of carbonyl (C=O) groups excluding carboxylic acids is 1. The molecule has 0 aromatic heterocycles. The van der Waals surface area contributed by atoms with Gasteiger partial charge in [-0.25, -0.2) is 0 Å². The fraction of sp³-hybridized carbons (Fsp3) is 0.222. The first-order valence-electron chi connectivity index (χ1n) is 7.42. The summed E-state index contributed by atoms with van der Waals surface area (Å²) < 4.78 is 0. The first-order valence-corrected chi connectivity index (χ1v) is 8.65. The summed E-state index contributed by atoms with van der Waals surface area (Å²) in [6.07, 6.45) is 1.48. The molecule has 1 amide bonds. The zero-order valence-corrected chi connectivity index (χ0v) is 13.9. The van der Waals surface area contributed by atoms with Crippen LogP contribution in [0.25, 0.3) is 0 Å². The van der Waals surface area contributed by atoms with Crippen molar-refractivity contribution in [3.05, 3.63) is 65.7 Å². The molecule has 1 aliphatic rings. The molecular formula is C18H18N2O2S. The lowest BCUT2D eigenvalue weighted by atomic mass is 10.1. The lowest BCUT2D eigenvalue weighted by Crippen LogP contribution is -2.46. The van der Waals surface area contributed by atoms with Crippen LogP contribution >= 0.6 is 11.8 Å². The third kappa shape index (κ3) is 3.40. The predicted octanol–water partition coefficient (Wildman–Crippen LogP) is 3.52. The fourth-order valence-electron chi connectivity index (χ4n) is 2.41. The minimum absolute atomic E-state index is 0.0761. The van der Waals surface area contributed by atoms with E-state index in [0.29, 0.717) is 12.4 Å². The van der Waals surface area contributed by atoms with E-state index in [1.54, 1.807) is 23.6 Å². The van der Waals surface area contributed by atoms with Gasteiger partial charge in [-0.1, -0.05) is 47.6 Å². The number of hydrogen-bond acceptors (Lipinski definition) is 4. The summed E-state index contributed by atoms with van der Waals surface area (Å²) in [6.45, 7) is 2.20. The van der Waals surface area contributed by atoms with Gasteiger partial charge in [0, 0.05) is 10.5 Å². The van der Waals surface area contributed by atoms with Crippen molar-refractivity contribution in [2.75, 3.05) is 6.26 Å². The summed E-state index contributed by atoms with van der Waals surface area (Å²) >= 11 is 1.70. The Hall–Kier alpha value is -2.27. The van der Waals surface area contributed by atoms with Gasteiger partial charge in [0.25, 0.3) is 5.91 Å². The molecule has 2 aromatic carbocycles. The largest absolute Gasteiger partial charge is 0.381 e. The molecule has 0 spiro atoms. The third-order valence-corrected chi connectivity index (χ3v) is 4.44. The van der Waals surface area contributed by atoms with Crippen LogP contribution in [0.4, 0.5) is 0 Å². The van der Waals surface area contributed by atoms with Gasteiger partial charge in [-0.2, -0.15) is 0 Å². The number of amides is 1. The van der Waals surface area contributed by atoms with Crippen LogP contribution in [0.3, 0.4) is 0 Å². The smallest absolute Gasteiger partial charge is 0.272 e. The highest BCUT2D eigenvalue weighted by Crippen LogP contribution is 2.20. The predicted molar refractivity (Wildman–Crippen MR) is 92.3 cm³/mol. The van der Waals surface area contributed by atoms with E-state index >= 15 is 0 Å². The second-order valence-electron chi connectivity index (χ2n) is 5.30. The number of benzene rings is 2. The van der Waals surface area contributed by atoms with Crippen LogP contribution in [0.15, 0.2) is 64.6 Å². The van der Waals surface area contributed by atoms with Crippen molar-refractivity contribution in [3.8, 4) is 0 Å². The Labute approximate surface area is 140 Å². The summed E-state index contributed by atoms with van der Waals surface area (Å²) in [6, 6.07) is 17.8. The number of rotatable bonds is 4. The van der Waals surface area contributed by atoms with E-state index in [9.17, 15) is 4.79 Å². The summed E-state index contributed by atoms with van der Waals surface area (Å²) in [5.74, 6) is 0.482. The van der Waals surface area contributed by atoms with E-state index in [1.807, 2.05) is 48.7 Å². The van der Waals surface area contributed by atoms with Crippen LogP contribution < -0.4 is 0 Å². The summed E-state index contributed by atoms with van der Waals surface area (Å²) in [5.41, 5.74) is 1.93. The normalized spacial score (nSPS) is 17.7. The molecule has 0 saturated heterocycles.